The Hall–Kier alpha value is -2.33. The lowest BCUT2D eigenvalue weighted by atomic mass is 9.76. The van der Waals surface area contributed by atoms with Gasteiger partial charge in [0.25, 0.3) is 0 Å². The van der Waals surface area contributed by atoms with Gasteiger partial charge in [-0.15, -0.1) is 6.58 Å². The van der Waals surface area contributed by atoms with Gasteiger partial charge < -0.3 is 0 Å². The van der Waals surface area contributed by atoms with E-state index < -0.39 is 0 Å². The van der Waals surface area contributed by atoms with E-state index in [-0.39, 0.29) is 0 Å². The average Bonchev–Trinajstić information content (AvgIpc) is 2.63. The van der Waals surface area contributed by atoms with Crippen LogP contribution < -0.4 is 0 Å². The standard InChI is InChI=1S/C22H23N/c1-2-5-17-8-12-19(13-9-17)21-6-3-4-7-22(21)20-14-10-18(16-23)11-15-20/h2-4,6-7,10-11,14-15,17,19H,1,5,8-9,12-13H2. The van der Waals surface area contributed by atoms with Gasteiger partial charge in [0.05, 0.1) is 11.6 Å². The van der Waals surface area contributed by atoms with Gasteiger partial charge in [-0.05, 0) is 72.8 Å². The molecule has 3 rings (SSSR count). The Labute approximate surface area is 139 Å². The van der Waals surface area contributed by atoms with Gasteiger partial charge in [0.15, 0.2) is 0 Å². The molecule has 0 aliphatic heterocycles. The Bertz CT molecular complexity index is 697. The van der Waals surface area contributed by atoms with Crippen LogP contribution in [0.25, 0.3) is 11.1 Å². The number of hydrogen-bond acceptors (Lipinski definition) is 1. The lowest BCUT2D eigenvalue weighted by Crippen LogP contribution is -2.13. The van der Waals surface area contributed by atoms with Gasteiger partial charge >= 0.3 is 0 Å². The SMILES string of the molecule is C=CCC1CCC(c2ccccc2-c2ccc(C#N)cc2)CC1. The Morgan fingerprint density at radius 1 is 1.00 bits per heavy atom. The fourth-order valence-electron chi connectivity index (χ4n) is 3.79. The summed E-state index contributed by atoms with van der Waals surface area (Å²) in [5.74, 6) is 1.48. The van der Waals surface area contributed by atoms with E-state index in [0.29, 0.717) is 5.92 Å². The van der Waals surface area contributed by atoms with E-state index >= 15 is 0 Å². The van der Waals surface area contributed by atoms with E-state index in [1.165, 1.54) is 42.4 Å². The van der Waals surface area contributed by atoms with Crippen LogP contribution >= 0.6 is 0 Å². The van der Waals surface area contributed by atoms with Crippen molar-refractivity contribution < 1.29 is 0 Å². The molecule has 1 saturated carbocycles. The molecule has 0 atom stereocenters. The van der Waals surface area contributed by atoms with Gasteiger partial charge in [0.2, 0.25) is 0 Å². The lowest BCUT2D eigenvalue weighted by molar-refractivity contribution is 0.329. The number of allylic oxidation sites excluding steroid dienone is 1. The minimum atomic E-state index is 0.655. The molecule has 1 fully saturated rings. The first-order valence-electron chi connectivity index (χ1n) is 8.52. The van der Waals surface area contributed by atoms with E-state index in [0.717, 1.165) is 17.9 Å². The van der Waals surface area contributed by atoms with Crippen molar-refractivity contribution in [2.75, 3.05) is 0 Å². The van der Waals surface area contributed by atoms with Crippen molar-refractivity contribution in [3.05, 3.63) is 72.3 Å². The Morgan fingerprint density at radius 2 is 1.70 bits per heavy atom. The summed E-state index contributed by atoms with van der Waals surface area (Å²) in [5.41, 5.74) is 4.72. The highest BCUT2D eigenvalue weighted by Gasteiger charge is 2.23. The van der Waals surface area contributed by atoms with Crippen LogP contribution in [0.1, 0.15) is 49.1 Å². The number of benzene rings is 2. The third-order valence-electron chi connectivity index (χ3n) is 5.07. The summed E-state index contributed by atoms with van der Waals surface area (Å²) in [7, 11) is 0. The van der Waals surface area contributed by atoms with Crippen molar-refractivity contribution in [3.8, 4) is 17.2 Å². The predicted octanol–water partition coefficient (Wildman–Crippen LogP) is 6.08. The predicted molar refractivity (Wildman–Crippen MR) is 96.1 cm³/mol. The molecule has 23 heavy (non-hydrogen) atoms. The summed E-state index contributed by atoms with van der Waals surface area (Å²) < 4.78 is 0. The first-order chi connectivity index (χ1) is 11.3. The van der Waals surface area contributed by atoms with Gasteiger partial charge in [0.1, 0.15) is 0 Å². The minimum Gasteiger partial charge on any atom is -0.192 e. The van der Waals surface area contributed by atoms with Crippen LogP contribution in [0.3, 0.4) is 0 Å². The highest BCUT2D eigenvalue weighted by Crippen LogP contribution is 2.40. The van der Waals surface area contributed by atoms with Crippen LogP contribution in [0.15, 0.2) is 61.2 Å². The molecule has 0 aromatic heterocycles. The number of rotatable bonds is 4. The zero-order chi connectivity index (χ0) is 16.1. The molecule has 0 bridgehead atoms. The van der Waals surface area contributed by atoms with Crippen molar-refractivity contribution in [1.29, 1.82) is 5.26 Å². The largest absolute Gasteiger partial charge is 0.192 e. The Morgan fingerprint density at radius 3 is 2.35 bits per heavy atom. The molecule has 2 aromatic carbocycles. The summed E-state index contributed by atoms with van der Waals surface area (Å²) in [6, 6.07) is 18.9. The minimum absolute atomic E-state index is 0.655. The third kappa shape index (κ3) is 3.54. The summed E-state index contributed by atoms with van der Waals surface area (Å²) in [6.45, 7) is 3.88. The third-order valence-corrected chi connectivity index (χ3v) is 5.07. The summed E-state index contributed by atoms with van der Waals surface area (Å²) >= 11 is 0. The van der Waals surface area contributed by atoms with Crippen LogP contribution in [0, 0.1) is 17.2 Å². The maximum absolute atomic E-state index is 8.97. The molecule has 2 aromatic rings. The van der Waals surface area contributed by atoms with E-state index in [2.05, 4.69) is 55.1 Å². The van der Waals surface area contributed by atoms with Crippen molar-refractivity contribution in [1.82, 2.24) is 0 Å². The van der Waals surface area contributed by atoms with Gasteiger partial charge in [-0.2, -0.15) is 5.26 Å². The van der Waals surface area contributed by atoms with Gasteiger partial charge in [-0.1, -0.05) is 42.5 Å². The molecule has 0 heterocycles. The maximum atomic E-state index is 8.97. The van der Waals surface area contributed by atoms with Crippen molar-refractivity contribution in [2.24, 2.45) is 5.92 Å². The van der Waals surface area contributed by atoms with Crippen molar-refractivity contribution in [2.45, 2.75) is 38.0 Å². The van der Waals surface area contributed by atoms with Crippen molar-refractivity contribution in [3.63, 3.8) is 0 Å². The fraction of sp³-hybridized carbons (Fsp3) is 0.318. The normalized spacial score (nSPS) is 20.7. The molecule has 0 radical (unpaired) electrons. The zero-order valence-corrected chi connectivity index (χ0v) is 13.5. The second-order valence-electron chi connectivity index (χ2n) is 6.52. The lowest BCUT2D eigenvalue weighted by Gasteiger charge is -2.29. The molecular weight excluding hydrogens is 278 g/mol. The van der Waals surface area contributed by atoms with Crippen LogP contribution in [0.4, 0.5) is 0 Å². The van der Waals surface area contributed by atoms with Gasteiger partial charge in [-0.3, -0.25) is 0 Å². The average molecular weight is 301 g/mol. The molecule has 1 aliphatic carbocycles. The van der Waals surface area contributed by atoms with E-state index in [4.69, 9.17) is 5.26 Å². The monoisotopic (exact) mass is 301 g/mol. The molecule has 1 heteroatoms. The van der Waals surface area contributed by atoms with Crippen LogP contribution in [0.5, 0.6) is 0 Å². The molecule has 0 N–H and O–H groups in total. The van der Waals surface area contributed by atoms with Crippen LogP contribution in [-0.4, -0.2) is 0 Å². The van der Waals surface area contributed by atoms with Gasteiger partial charge in [-0.25, -0.2) is 0 Å². The molecule has 116 valence electrons. The van der Waals surface area contributed by atoms with Crippen LogP contribution in [0.2, 0.25) is 0 Å². The summed E-state index contributed by atoms with van der Waals surface area (Å²) in [4.78, 5) is 0. The van der Waals surface area contributed by atoms with E-state index in [1.807, 2.05) is 12.1 Å². The molecule has 1 aliphatic rings. The number of hydrogen-bond donors (Lipinski definition) is 0. The summed E-state index contributed by atoms with van der Waals surface area (Å²) in [6.07, 6.45) is 8.37. The maximum Gasteiger partial charge on any atom is 0.0991 e. The van der Waals surface area contributed by atoms with Gasteiger partial charge in [0, 0.05) is 0 Å². The molecular formula is C22H23N. The summed E-state index contributed by atoms with van der Waals surface area (Å²) in [5, 5.41) is 8.97. The second-order valence-corrected chi connectivity index (χ2v) is 6.52. The topological polar surface area (TPSA) is 23.8 Å². The Kier molecular flexibility index (Phi) is 4.93. The molecule has 0 spiro atoms. The zero-order valence-electron chi connectivity index (χ0n) is 13.5. The highest BCUT2D eigenvalue weighted by molar-refractivity contribution is 5.68. The first kappa shape index (κ1) is 15.6. The van der Waals surface area contributed by atoms with E-state index in [9.17, 15) is 0 Å². The highest BCUT2D eigenvalue weighted by atomic mass is 14.3. The fourth-order valence-corrected chi connectivity index (χ4v) is 3.79. The van der Waals surface area contributed by atoms with Crippen molar-refractivity contribution >= 4 is 0 Å². The number of nitrogens with zero attached hydrogens (tertiary/aromatic N) is 1. The molecule has 1 nitrogen and oxygen atoms in total. The molecule has 0 amide bonds. The van der Waals surface area contributed by atoms with E-state index in [1.54, 1.807) is 0 Å². The number of nitriles is 1. The smallest absolute Gasteiger partial charge is 0.0991 e. The van der Waals surface area contributed by atoms with Crippen LogP contribution in [-0.2, 0) is 0 Å². The molecule has 0 saturated heterocycles. The first-order valence-corrected chi connectivity index (χ1v) is 8.52. The second kappa shape index (κ2) is 7.29. The Balaban J connectivity index is 1.84. The molecule has 0 unspecified atom stereocenters. The quantitative estimate of drug-likeness (QED) is 0.628.